The third kappa shape index (κ3) is 4.25. The van der Waals surface area contributed by atoms with E-state index in [1.54, 1.807) is 4.57 Å². The number of ether oxygens (including phenoxy) is 2. The fraction of sp³-hybridized carbons (Fsp3) is 0.391. The van der Waals surface area contributed by atoms with Crippen LogP contribution in [0.1, 0.15) is 43.6 Å². The number of aromatic amines is 1. The van der Waals surface area contributed by atoms with Gasteiger partial charge in [0.25, 0.3) is 5.56 Å². The summed E-state index contributed by atoms with van der Waals surface area (Å²) in [4.78, 5) is 46.5. The van der Waals surface area contributed by atoms with Crippen molar-refractivity contribution < 1.29 is 23.0 Å². The van der Waals surface area contributed by atoms with Gasteiger partial charge in [0, 0.05) is 31.3 Å². The molecule has 2 fully saturated rings. The van der Waals surface area contributed by atoms with Gasteiger partial charge in [-0.3, -0.25) is 18.8 Å². The predicted octanol–water partition coefficient (Wildman–Crippen LogP) is 2.33. The molecule has 1 aromatic carbocycles. The van der Waals surface area contributed by atoms with E-state index < -0.39 is 34.8 Å². The molecule has 2 aromatic heterocycles. The minimum absolute atomic E-state index is 0.0188. The zero-order valence-electron chi connectivity index (χ0n) is 18.9. The van der Waals surface area contributed by atoms with Crippen LogP contribution >= 0.6 is 0 Å². The summed E-state index contributed by atoms with van der Waals surface area (Å²) < 4.78 is 40.0. The van der Waals surface area contributed by atoms with Crippen molar-refractivity contribution in [1.29, 1.82) is 0 Å². The highest BCUT2D eigenvalue weighted by Gasteiger charge is 2.34. The molecule has 182 valence electrons. The summed E-state index contributed by atoms with van der Waals surface area (Å²) >= 11 is 0. The molecular weight excluding hydrogens is 464 g/mol. The van der Waals surface area contributed by atoms with Crippen LogP contribution < -0.4 is 20.7 Å². The predicted molar refractivity (Wildman–Crippen MR) is 120 cm³/mol. The van der Waals surface area contributed by atoms with Crippen LogP contribution in [-0.4, -0.2) is 50.8 Å². The van der Waals surface area contributed by atoms with Gasteiger partial charge in [-0.15, -0.1) is 0 Å². The quantitative estimate of drug-likeness (QED) is 0.556. The first-order valence-corrected chi connectivity index (χ1v) is 11.0. The van der Waals surface area contributed by atoms with Gasteiger partial charge in [-0.25, -0.2) is 23.4 Å². The van der Waals surface area contributed by atoms with Crippen molar-refractivity contribution in [1.82, 2.24) is 24.0 Å². The van der Waals surface area contributed by atoms with E-state index in [9.17, 15) is 23.2 Å². The number of carbonyl (C=O) groups is 1. The zero-order chi connectivity index (χ0) is 24.9. The topological polar surface area (TPSA) is 111 Å². The van der Waals surface area contributed by atoms with E-state index in [-0.39, 0.29) is 41.3 Å². The second-order valence-corrected chi connectivity index (χ2v) is 8.52. The molecule has 2 saturated carbocycles. The van der Waals surface area contributed by atoms with E-state index in [0.29, 0.717) is 6.07 Å². The Bertz CT molecular complexity index is 1520. The number of carbonyl (C=O) groups excluding carboxylic acids is 1. The van der Waals surface area contributed by atoms with Gasteiger partial charge in [0.15, 0.2) is 34.3 Å². The third-order valence-electron chi connectivity index (χ3n) is 5.79. The number of nitrogens with zero attached hydrogens (tertiary/aromatic N) is 4. The molecule has 5 rings (SSSR count). The van der Waals surface area contributed by atoms with Gasteiger partial charge in [-0.05, 0) is 31.6 Å². The maximum absolute atomic E-state index is 13.8. The van der Waals surface area contributed by atoms with E-state index in [0.717, 1.165) is 36.6 Å². The van der Waals surface area contributed by atoms with Gasteiger partial charge >= 0.3 is 11.8 Å². The first-order chi connectivity index (χ1) is 16.8. The summed E-state index contributed by atoms with van der Waals surface area (Å²) in [5.41, 5.74) is -0.260. The number of hydrogen-bond acceptors (Lipinski definition) is 6. The second-order valence-electron chi connectivity index (χ2n) is 8.52. The van der Waals surface area contributed by atoms with Gasteiger partial charge in [0.05, 0.1) is 13.7 Å². The lowest BCUT2D eigenvalue weighted by Gasteiger charge is -2.15. The van der Waals surface area contributed by atoms with Crippen LogP contribution in [-0.2, 0) is 0 Å². The number of aromatic nitrogens is 4. The molecule has 35 heavy (non-hydrogen) atoms. The monoisotopic (exact) mass is 485 g/mol. The summed E-state index contributed by atoms with van der Waals surface area (Å²) in [6.45, 7) is -0.113. The van der Waals surface area contributed by atoms with E-state index in [2.05, 4.69) is 21.8 Å². The number of amides is 1. The molecule has 1 amide bonds. The Morgan fingerprint density at radius 3 is 2.54 bits per heavy atom. The maximum atomic E-state index is 13.8. The standard InChI is InChI=1S/C23H21F2N5O5/c1-28(23(33)35-16-11-12(24)10-15(25)19(16)34-2)9-3-4-17-26-18-20(27-17)29(13-5-6-13)22(32)30(21(18)31)14-7-8-14/h10-11,13-14H,5-9H2,1-2H3,(H,26,27). The summed E-state index contributed by atoms with van der Waals surface area (Å²) in [5, 5.41) is 0. The van der Waals surface area contributed by atoms with Crippen molar-refractivity contribution >= 4 is 17.3 Å². The van der Waals surface area contributed by atoms with Crippen molar-refractivity contribution in [3.8, 4) is 23.3 Å². The third-order valence-corrected chi connectivity index (χ3v) is 5.79. The van der Waals surface area contributed by atoms with Gasteiger partial charge in [0.2, 0.25) is 0 Å². The summed E-state index contributed by atoms with van der Waals surface area (Å²) in [7, 11) is 2.55. The molecule has 0 bridgehead atoms. The van der Waals surface area contributed by atoms with E-state index in [1.165, 1.54) is 18.7 Å². The number of methoxy groups -OCH3 is 1. The number of fused-ring (bicyclic) bond motifs is 1. The minimum Gasteiger partial charge on any atom is -0.490 e. The molecule has 0 saturated heterocycles. The highest BCUT2D eigenvalue weighted by Crippen LogP contribution is 2.37. The summed E-state index contributed by atoms with van der Waals surface area (Å²) in [6.07, 6.45) is 2.37. The van der Waals surface area contributed by atoms with Gasteiger partial charge in [0.1, 0.15) is 5.82 Å². The highest BCUT2D eigenvalue weighted by molar-refractivity contribution is 5.72. The molecule has 0 unspecified atom stereocenters. The molecule has 2 aliphatic rings. The fourth-order valence-corrected chi connectivity index (χ4v) is 3.77. The number of rotatable bonds is 5. The lowest BCUT2D eigenvalue weighted by atomic mass is 10.3. The van der Waals surface area contributed by atoms with E-state index >= 15 is 0 Å². The summed E-state index contributed by atoms with van der Waals surface area (Å²) in [6, 6.07) is 1.39. The van der Waals surface area contributed by atoms with Crippen LogP contribution in [0.3, 0.4) is 0 Å². The van der Waals surface area contributed by atoms with Crippen LogP contribution in [0.25, 0.3) is 11.2 Å². The lowest BCUT2D eigenvalue weighted by molar-refractivity contribution is 0.165. The molecule has 10 nitrogen and oxygen atoms in total. The van der Waals surface area contributed by atoms with Crippen LogP contribution in [0.4, 0.5) is 13.6 Å². The average Bonchev–Trinajstić information content (AvgIpc) is 3.73. The second kappa shape index (κ2) is 8.57. The minimum atomic E-state index is -1.01. The Hall–Kier alpha value is -4.14. The van der Waals surface area contributed by atoms with Gasteiger partial charge < -0.3 is 14.5 Å². The van der Waals surface area contributed by atoms with Crippen LogP contribution in [0.15, 0.2) is 21.7 Å². The molecule has 0 atom stereocenters. The van der Waals surface area contributed by atoms with Crippen LogP contribution in [0.2, 0.25) is 0 Å². The highest BCUT2D eigenvalue weighted by atomic mass is 19.1. The average molecular weight is 485 g/mol. The van der Waals surface area contributed by atoms with Crippen molar-refractivity contribution in [2.75, 3.05) is 20.7 Å². The Kier molecular flexibility index (Phi) is 5.55. The Morgan fingerprint density at radius 1 is 1.20 bits per heavy atom. The largest absolute Gasteiger partial charge is 0.490 e. The molecular formula is C23H21F2N5O5. The normalized spacial score (nSPS) is 15.0. The molecule has 12 heteroatoms. The SMILES string of the molecule is COc1c(F)cc(F)cc1OC(=O)N(C)CC#Cc1nc2c([nH]1)c(=O)n(C1CC1)c(=O)n2C1CC1. The first-order valence-electron chi connectivity index (χ1n) is 11.0. The number of benzene rings is 1. The maximum Gasteiger partial charge on any atom is 0.415 e. The number of halogens is 2. The lowest BCUT2D eigenvalue weighted by Crippen LogP contribution is -2.39. The van der Waals surface area contributed by atoms with Crippen molar-refractivity contribution in [3.63, 3.8) is 0 Å². The molecule has 0 radical (unpaired) electrons. The fourth-order valence-electron chi connectivity index (χ4n) is 3.77. The molecule has 2 heterocycles. The van der Waals surface area contributed by atoms with E-state index in [4.69, 9.17) is 9.47 Å². The van der Waals surface area contributed by atoms with E-state index in [1.807, 2.05) is 0 Å². The number of hydrogen-bond donors (Lipinski definition) is 1. The smallest absolute Gasteiger partial charge is 0.415 e. The zero-order valence-corrected chi connectivity index (χ0v) is 18.9. The van der Waals surface area contributed by atoms with Crippen molar-refractivity contribution in [2.24, 2.45) is 0 Å². The number of nitrogens with one attached hydrogen (secondary N) is 1. The molecule has 1 N–H and O–H groups in total. The Balaban J connectivity index is 1.36. The number of imidazole rings is 1. The number of H-pyrrole nitrogens is 1. The van der Waals surface area contributed by atoms with Gasteiger partial charge in [-0.1, -0.05) is 5.92 Å². The first kappa shape index (κ1) is 22.6. The molecule has 0 aliphatic heterocycles. The van der Waals surface area contributed by atoms with Crippen LogP contribution in [0.5, 0.6) is 11.5 Å². The Labute approximate surface area is 197 Å². The molecule has 3 aromatic rings. The van der Waals surface area contributed by atoms with Crippen molar-refractivity contribution in [3.05, 3.63) is 50.4 Å². The van der Waals surface area contributed by atoms with Crippen molar-refractivity contribution in [2.45, 2.75) is 37.8 Å². The Morgan fingerprint density at radius 2 is 1.89 bits per heavy atom. The van der Waals surface area contributed by atoms with Crippen LogP contribution in [0, 0.1) is 23.5 Å². The molecule has 0 spiro atoms. The van der Waals surface area contributed by atoms with Gasteiger partial charge in [-0.2, -0.15) is 0 Å². The molecule has 2 aliphatic carbocycles. The summed E-state index contributed by atoms with van der Waals surface area (Å²) in [5.74, 6) is 2.92.